The molecule has 1 aliphatic rings. The van der Waals surface area contributed by atoms with E-state index in [1.807, 2.05) is 11.8 Å². The maximum absolute atomic E-state index is 13.8. The summed E-state index contributed by atoms with van der Waals surface area (Å²) in [4.78, 5) is 36.4. The van der Waals surface area contributed by atoms with Gasteiger partial charge < -0.3 is 20.5 Å². The number of nitrogens with zero attached hydrogens (tertiary/aromatic N) is 1. The number of carbonyl (C=O) groups excluding carboxylic acids is 2. The second-order valence-corrected chi connectivity index (χ2v) is 6.03. The van der Waals surface area contributed by atoms with Crippen LogP contribution in [0.5, 0.6) is 0 Å². The number of likely N-dealkylation sites (N-methyl/N-ethyl adjacent to an activating group) is 1. The van der Waals surface area contributed by atoms with Gasteiger partial charge in [-0.3, -0.25) is 9.69 Å². The highest BCUT2D eigenvalue weighted by molar-refractivity contribution is 6.01. The minimum atomic E-state index is -0.887. The molecular formula is C17H22FN3O5. The van der Waals surface area contributed by atoms with Crippen LogP contribution in [-0.4, -0.2) is 60.3 Å². The smallest absolute Gasteiger partial charge is 0.342 e. The van der Waals surface area contributed by atoms with Gasteiger partial charge in [-0.05, 0) is 31.5 Å². The lowest BCUT2D eigenvalue weighted by Crippen LogP contribution is -2.55. The number of rotatable bonds is 7. The highest BCUT2D eigenvalue weighted by atomic mass is 19.1. The molecule has 9 heteroatoms. The largest absolute Gasteiger partial charge is 0.480 e. The van der Waals surface area contributed by atoms with Crippen LogP contribution in [0.15, 0.2) is 18.2 Å². The Morgan fingerprint density at radius 2 is 2.04 bits per heavy atom. The maximum Gasteiger partial charge on any atom is 0.342 e. The Labute approximate surface area is 150 Å². The van der Waals surface area contributed by atoms with Crippen molar-refractivity contribution in [2.24, 2.45) is 0 Å². The summed E-state index contributed by atoms with van der Waals surface area (Å²) >= 11 is 0. The number of carboxylic acids is 1. The zero-order chi connectivity index (χ0) is 19.3. The van der Waals surface area contributed by atoms with Crippen LogP contribution in [0.25, 0.3) is 0 Å². The number of carbonyl (C=O) groups is 3. The number of hydrogen-bond donors (Lipinski definition) is 3. The van der Waals surface area contributed by atoms with Gasteiger partial charge in [0.2, 0.25) is 0 Å². The lowest BCUT2D eigenvalue weighted by atomic mass is 9.85. The average molecular weight is 367 g/mol. The number of ether oxygens (including phenoxy) is 1. The van der Waals surface area contributed by atoms with Crippen molar-refractivity contribution < 1.29 is 28.6 Å². The van der Waals surface area contributed by atoms with Crippen LogP contribution in [0, 0.1) is 5.82 Å². The molecule has 1 aromatic carbocycles. The number of methoxy groups -OCH3 is 1. The van der Waals surface area contributed by atoms with Gasteiger partial charge in [0, 0.05) is 12.1 Å². The molecule has 0 aliphatic heterocycles. The molecule has 2 amide bonds. The molecular weight excluding hydrogens is 345 g/mol. The summed E-state index contributed by atoms with van der Waals surface area (Å²) in [7, 11) is 1.13. The van der Waals surface area contributed by atoms with E-state index in [1.165, 1.54) is 12.1 Å². The number of benzene rings is 1. The molecule has 0 unspecified atom stereocenters. The molecule has 3 N–H and O–H groups in total. The molecule has 8 nitrogen and oxygen atoms in total. The first kappa shape index (κ1) is 19.6. The second kappa shape index (κ2) is 8.61. The van der Waals surface area contributed by atoms with Crippen LogP contribution in [0.4, 0.5) is 14.9 Å². The molecule has 0 atom stereocenters. The molecule has 142 valence electrons. The van der Waals surface area contributed by atoms with Gasteiger partial charge in [-0.1, -0.05) is 13.0 Å². The van der Waals surface area contributed by atoms with E-state index in [1.54, 1.807) is 0 Å². The van der Waals surface area contributed by atoms with Crippen LogP contribution in [0.2, 0.25) is 0 Å². The molecule has 0 spiro atoms. The minimum absolute atomic E-state index is 0.0197. The fraction of sp³-hybridized carbons (Fsp3) is 0.471. The van der Waals surface area contributed by atoms with Gasteiger partial charge >= 0.3 is 18.0 Å². The molecule has 0 heterocycles. The Morgan fingerprint density at radius 3 is 2.62 bits per heavy atom. The van der Waals surface area contributed by atoms with Crippen molar-refractivity contribution in [3.8, 4) is 0 Å². The molecule has 2 rings (SSSR count). The van der Waals surface area contributed by atoms with Gasteiger partial charge in [0.25, 0.3) is 0 Å². The number of hydrogen-bond acceptors (Lipinski definition) is 5. The highest BCUT2D eigenvalue weighted by Gasteiger charge is 2.34. The Bertz CT molecular complexity index is 691. The standard InChI is InChI=1S/C17H22FN3O5/c1-3-21(9-14(22)23)11-7-10(8-11)19-17(25)20-13-6-4-5-12(18)15(13)16(24)26-2/h4-6,10-11H,3,7-9H2,1-2H3,(H,22,23)(H2,19,20,25). The number of aliphatic carboxylic acids is 1. The van der Waals surface area contributed by atoms with Crippen LogP contribution < -0.4 is 10.6 Å². The van der Waals surface area contributed by atoms with Crippen LogP contribution in [-0.2, 0) is 9.53 Å². The van der Waals surface area contributed by atoms with Crippen molar-refractivity contribution >= 4 is 23.7 Å². The third kappa shape index (κ3) is 4.69. The van der Waals surface area contributed by atoms with E-state index in [0.717, 1.165) is 13.2 Å². The normalized spacial score (nSPS) is 18.8. The van der Waals surface area contributed by atoms with Crippen LogP contribution in [0.1, 0.15) is 30.1 Å². The van der Waals surface area contributed by atoms with E-state index in [0.29, 0.717) is 19.4 Å². The lowest BCUT2D eigenvalue weighted by Gasteiger charge is -2.42. The van der Waals surface area contributed by atoms with E-state index >= 15 is 0 Å². The molecule has 1 aromatic rings. The van der Waals surface area contributed by atoms with Crippen molar-refractivity contribution in [1.82, 2.24) is 10.2 Å². The lowest BCUT2D eigenvalue weighted by molar-refractivity contribution is -0.139. The first-order valence-corrected chi connectivity index (χ1v) is 8.25. The van der Waals surface area contributed by atoms with Crippen molar-refractivity contribution in [3.05, 3.63) is 29.6 Å². The SMILES string of the molecule is CCN(CC(=O)O)C1CC(NC(=O)Nc2cccc(F)c2C(=O)OC)C1. The van der Waals surface area contributed by atoms with Gasteiger partial charge in [0.15, 0.2) is 0 Å². The predicted molar refractivity (Wildman–Crippen MR) is 91.6 cm³/mol. The van der Waals surface area contributed by atoms with Crippen LogP contribution >= 0.6 is 0 Å². The van der Waals surface area contributed by atoms with E-state index in [4.69, 9.17) is 5.11 Å². The molecule has 1 saturated carbocycles. The fourth-order valence-corrected chi connectivity index (χ4v) is 2.96. The zero-order valence-corrected chi connectivity index (χ0v) is 14.6. The van der Waals surface area contributed by atoms with Gasteiger partial charge in [-0.15, -0.1) is 0 Å². The molecule has 26 heavy (non-hydrogen) atoms. The molecule has 0 aromatic heterocycles. The summed E-state index contributed by atoms with van der Waals surface area (Å²) in [6.07, 6.45) is 1.25. The van der Waals surface area contributed by atoms with Gasteiger partial charge in [0.1, 0.15) is 11.4 Å². The summed E-state index contributed by atoms with van der Waals surface area (Å²) in [6, 6.07) is 3.31. The summed E-state index contributed by atoms with van der Waals surface area (Å²) in [5.74, 6) is -2.55. The molecule has 0 bridgehead atoms. The fourth-order valence-electron chi connectivity index (χ4n) is 2.96. The van der Waals surface area contributed by atoms with Crippen molar-refractivity contribution in [2.45, 2.75) is 31.8 Å². The monoisotopic (exact) mass is 367 g/mol. The summed E-state index contributed by atoms with van der Waals surface area (Å²) in [5.41, 5.74) is -0.318. The Balaban J connectivity index is 1.90. The number of esters is 1. The minimum Gasteiger partial charge on any atom is -0.480 e. The van der Waals surface area contributed by atoms with Crippen LogP contribution in [0.3, 0.4) is 0 Å². The summed E-state index contributed by atoms with van der Waals surface area (Å²) in [6.45, 7) is 2.46. The molecule has 0 saturated heterocycles. The number of amides is 2. The highest BCUT2D eigenvalue weighted by Crippen LogP contribution is 2.26. The third-order valence-corrected chi connectivity index (χ3v) is 4.36. The number of halogens is 1. The average Bonchev–Trinajstić information content (AvgIpc) is 2.55. The molecule has 0 radical (unpaired) electrons. The number of anilines is 1. The topological polar surface area (TPSA) is 108 Å². The van der Waals surface area contributed by atoms with Gasteiger partial charge in [0.05, 0.1) is 19.3 Å². The van der Waals surface area contributed by atoms with Crippen molar-refractivity contribution in [2.75, 3.05) is 25.5 Å². The first-order valence-electron chi connectivity index (χ1n) is 8.25. The first-order chi connectivity index (χ1) is 12.3. The predicted octanol–water partition coefficient (Wildman–Crippen LogP) is 1.67. The summed E-state index contributed by atoms with van der Waals surface area (Å²) in [5, 5.41) is 14.1. The van der Waals surface area contributed by atoms with E-state index in [9.17, 15) is 18.8 Å². The van der Waals surface area contributed by atoms with Crippen molar-refractivity contribution in [3.63, 3.8) is 0 Å². The van der Waals surface area contributed by atoms with E-state index in [2.05, 4.69) is 15.4 Å². The molecule has 1 fully saturated rings. The number of carboxylic acid groups (broad SMARTS) is 1. The van der Waals surface area contributed by atoms with Gasteiger partial charge in [-0.2, -0.15) is 0 Å². The number of urea groups is 1. The quantitative estimate of drug-likeness (QED) is 0.633. The Hall–Kier alpha value is -2.68. The van der Waals surface area contributed by atoms with E-state index in [-0.39, 0.29) is 29.9 Å². The van der Waals surface area contributed by atoms with E-state index < -0.39 is 23.8 Å². The van der Waals surface area contributed by atoms with Crippen molar-refractivity contribution in [1.29, 1.82) is 0 Å². The summed E-state index contributed by atoms with van der Waals surface area (Å²) < 4.78 is 18.4. The Kier molecular flexibility index (Phi) is 6.51. The number of nitrogens with one attached hydrogen (secondary N) is 2. The zero-order valence-electron chi connectivity index (χ0n) is 14.6. The maximum atomic E-state index is 13.8. The Morgan fingerprint density at radius 1 is 1.35 bits per heavy atom. The van der Waals surface area contributed by atoms with Gasteiger partial charge in [-0.25, -0.2) is 14.0 Å². The molecule has 1 aliphatic carbocycles. The second-order valence-electron chi connectivity index (χ2n) is 6.03. The third-order valence-electron chi connectivity index (χ3n) is 4.36.